The lowest BCUT2D eigenvalue weighted by atomic mass is 9.93. The second-order valence-electron chi connectivity index (χ2n) is 7.20. The Morgan fingerprint density at radius 3 is 1.24 bits per heavy atom. The lowest BCUT2D eigenvalue weighted by molar-refractivity contribution is 0.0639. The van der Waals surface area contributed by atoms with Crippen LogP contribution >= 0.6 is 0 Å². The minimum absolute atomic E-state index is 0.378. The van der Waals surface area contributed by atoms with Crippen LogP contribution < -0.4 is 0 Å². The van der Waals surface area contributed by atoms with Gasteiger partial charge in [-0.2, -0.15) is 0 Å². The van der Waals surface area contributed by atoms with Crippen LogP contribution in [0.2, 0.25) is 0 Å². The van der Waals surface area contributed by atoms with Crippen molar-refractivity contribution in [2.75, 3.05) is 26.4 Å². The molecule has 0 bridgehead atoms. The third-order valence-corrected chi connectivity index (χ3v) is 2.57. The van der Waals surface area contributed by atoms with E-state index in [4.69, 9.17) is 9.47 Å². The molecule has 0 radical (unpaired) electrons. The van der Waals surface area contributed by atoms with Crippen molar-refractivity contribution in [1.29, 1.82) is 0 Å². The molecule has 104 valence electrons. The van der Waals surface area contributed by atoms with Gasteiger partial charge in [-0.1, -0.05) is 41.5 Å². The van der Waals surface area contributed by atoms with Crippen LogP contribution in [0.15, 0.2) is 0 Å². The number of ether oxygens (including phenoxy) is 2. The molecule has 0 aliphatic heterocycles. The molecular weight excluding hydrogens is 212 g/mol. The summed E-state index contributed by atoms with van der Waals surface area (Å²) in [6.07, 6.45) is 3.25. The fourth-order valence-corrected chi connectivity index (χ4v) is 1.22. The van der Waals surface area contributed by atoms with E-state index in [1.165, 1.54) is 0 Å². The van der Waals surface area contributed by atoms with Gasteiger partial charge < -0.3 is 9.47 Å². The van der Waals surface area contributed by atoms with E-state index in [1.807, 2.05) is 0 Å². The summed E-state index contributed by atoms with van der Waals surface area (Å²) < 4.78 is 11.2. The van der Waals surface area contributed by atoms with Gasteiger partial charge in [-0.3, -0.25) is 0 Å². The molecule has 0 saturated heterocycles. The van der Waals surface area contributed by atoms with E-state index in [-0.39, 0.29) is 0 Å². The van der Waals surface area contributed by atoms with Gasteiger partial charge in [0.1, 0.15) is 0 Å². The molecule has 0 atom stereocenters. The molecule has 0 aliphatic rings. The van der Waals surface area contributed by atoms with E-state index in [0.717, 1.165) is 45.7 Å². The SMILES string of the molecule is CC(C)(C)CCOCCCOCCC(C)(C)C. The van der Waals surface area contributed by atoms with Gasteiger partial charge >= 0.3 is 0 Å². The van der Waals surface area contributed by atoms with Crippen LogP contribution in [-0.2, 0) is 9.47 Å². The van der Waals surface area contributed by atoms with Gasteiger partial charge in [0.05, 0.1) is 0 Å². The highest BCUT2D eigenvalue weighted by atomic mass is 16.5. The normalized spacial score (nSPS) is 13.1. The largest absolute Gasteiger partial charge is 0.381 e. The lowest BCUT2D eigenvalue weighted by Crippen LogP contribution is -2.12. The van der Waals surface area contributed by atoms with Gasteiger partial charge in [-0.15, -0.1) is 0 Å². The van der Waals surface area contributed by atoms with Crippen LogP contribution in [-0.4, -0.2) is 26.4 Å². The van der Waals surface area contributed by atoms with Crippen LogP contribution in [0.4, 0.5) is 0 Å². The van der Waals surface area contributed by atoms with Gasteiger partial charge in [0.25, 0.3) is 0 Å². The Hall–Kier alpha value is -0.0800. The monoisotopic (exact) mass is 244 g/mol. The van der Waals surface area contributed by atoms with Crippen molar-refractivity contribution >= 4 is 0 Å². The predicted octanol–water partition coefficient (Wildman–Crippen LogP) is 4.28. The van der Waals surface area contributed by atoms with E-state index in [1.54, 1.807) is 0 Å². The molecule has 0 unspecified atom stereocenters. The Bertz CT molecular complexity index is 154. The second kappa shape index (κ2) is 8.10. The van der Waals surface area contributed by atoms with Crippen molar-refractivity contribution in [3.63, 3.8) is 0 Å². The zero-order valence-corrected chi connectivity index (χ0v) is 12.8. The summed E-state index contributed by atoms with van der Waals surface area (Å²) in [5, 5.41) is 0. The fraction of sp³-hybridized carbons (Fsp3) is 1.00. The van der Waals surface area contributed by atoms with Gasteiger partial charge in [0, 0.05) is 26.4 Å². The molecule has 2 nitrogen and oxygen atoms in total. The van der Waals surface area contributed by atoms with E-state index in [9.17, 15) is 0 Å². The summed E-state index contributed by atoms with van der Waals surface area (Å²) in [5.41, 5.74) is 0.756. The molecule has 0 aromatic carbocycles. The Labute approximate surface area is 108 Å². The van der Waals surface area contributed by atoms with Crippen LogP contribution in [0.25, 0.3) is 0 Å². The van der Waals surface area contributed by atoms with E-state index < -0.39 is 0 Å². The Morgan fingerprint density at radius 1 is 0.588 bits per heavy atom. The van der Waals surface area contributed by atoms with Crippen molar-refractivity contribution in [2.24, 2.45) is 10.8 Å². The zero-order chi connectivity index (χ0) is 13.4. The predicted molar refractivity (Wildman–Crippen MR) is 74.4 cm³/mol. The highest BCUT2D eigenvalue weighted by Crippen LogP contribution is 2.18. The first-order valence-electron chi connectivity index (χ1n) is 6.86. The molecule has 0 aliphatic carbocycles. The molecule has 0 saturated carbocycles. The maximum atomic E-state index is 5.58. The van der Waals surface area contributed by atoms with Crippen molar-refractivity contribution in [2.45, 2.75) is 60.8 Å². The Kier molecular flexibility index (Phi) is 8.06. The average Bonchev–Trinajstić information content (AvgIpc) is 2.11. The molecule has 0 N–H and O–H groups in total. The van der Waals surface area contributed by atoms with Gasteiger partial charge in [-0.25, -0.2) is 0 Å². The quantitative estimate of drug-likeness (QED) is 0.593. The van der Waals surface area contributed by atoms with Crippen LogP contribution in [0.3, 0.4) is 0 Å². The average molecular weight is 244 g/mol. The molecule has 0 heterocycles. The first-order valence-corrected chi connectivity index (χ1v) is 6.86. The number of hydrogen-bond donors (Lipinski definition) is 0. The van der Waals surface area contributed by atoms with Gasteiger partial charge in [0.2, 0.25) is 0 Å². The summed E-state index contributed by atoms with van der Waals surface area (Å²) >= 11 is 0. The Balaban J connectivity index is 3.15. The summed E-state index contributed by atoms with van der Waals surface area (Å²) in [6.45, 7) is 16.8. The maximum Gasteiger partial charge on any atom is 0.0487 e. The molecule has 0 spiro atoms. The summed E-state index contributed by atoms with van der Waals surface area (Å²) in [6, 6.07) is 0. The number of rotatable bonds is 8. The third kappa shape index (κ3) is 15.9. The van der Waals surface area contributed by atoms with Crippen LogP contribution in [0.1, 0.15) is 60.8 Å². The van der Waals surface area contributed by atoms with Crippen molar-refractivity contribution in [3.8, 4) is 0 Å². The minimum atomic E-state index is 0.378. The minimum Gasteiger partial charge on any atom is -0.381 e. The van der Waals surface area contributed by atoms with Crippen molar-refractivity contribution in [1.82, 2.24) is 0 Å². The van der Waals surface area contributed by atoms with E-state index >= 15 is 0 Å². The summed E-state index contributed by atoms with van der Waals surface area (Å²) in [4.78, 5) is 0. The van der Waals surface area contributed by atoms with E-state index in [2.05, 4.69) is 41.5 Å². The molecule has 0 aromatic heterocycles. The molecular formula is C15H32O2. The maximum absolute atomic E-state index is 5.58. The highest BCUT2D eigenvalue weighted by molar-refractivity contribution is 4.60. The van der Waals surface area contributed by atoms with E-state index in [0.29, 0.717) is 10.8 Å². The highest BCUT2D eigenvalue weighted by Gasteiger charge is 2.10. The van der Waals surface area contributed by atoms with Gasteiger partial charge in [-0.05, 0) is 30.1 Å². The first-order chi connectivity index (χ1) is 7.71. The first kappa shape index (κ1) is 16.9. The molecule has 0 aromatic rings. The lowest BCUT2D eigenvalue weighted by Gasteiger charge is -2.18. The Morgan fingerprint density at radius 2 is 0.941 bits per heavy atom. The third-order valence-electron chi connectivity index (χ3n) is 2.57. The van der Waals surface area contributed by atoms with Crippen LogP contribution in [0, 0.1) is 10.8 Å². The zero-order valence-electron chi connectivity index (χ0n) is 12.8. The topological polar surface area (TPSA) is 18.5 Å². The van der Waals surface area contributed by atoms with Crippen molar-refractivity contribution < 1.29 is 9.47 Å². The fourth-order valence-electron chi connectivity index (χ4n) is 1.22. The molecule has 0 rings (SSSR count). The standard InChI is InChI=1S/C15H32O2/c1-14(2,3)8-12-16-10-7-11-17-13-9-15(4,5)6/h7-13H2,1-6H3. The second-order valence-corrected chi connectivity index (χ2v) is 7.20. The molecule has 0 fully saturated rings. The molecule has 2 heteroatoms. The summed E-state index contributed by atoms with van der Waals surface area (Å²) in [7, 11) is 0. The smallest absolute Gasteiger partial charge is 0.0487 e. The molecule has 17 heavy (non-hydrogen) atoms. The van der Waals surface area contributed by atoms with Crippen LogP contribution in [0.5, 0.6) is 0 Å². The van der Waals surface area contributed by atoms with Gasteiger partial charge in [0.15, 0.2) is 0 Å². The molecule has 0 amide bonds. The summed E-state index contributed by atoms with van der Waals surface area (Å²) in [5.74, 6) is 0. The van der Waals surface area contributed by atoms with Crippen molar-refractivity contribution in [3.05, 3.63) is 0 Å². The number of hydrogen-bond acceptors (Lipinski definition) is 2.